The van der Waals surface area contributed by atoms with Crippen LogP contribution in [0.2, 0.25) is 0 Å². The van der Waals surface area contributed by atoms with Crippen molar-refractivity contribution in [2.75, 3.05) is 0 Å². The van der Waals surface area contributed by atoms with Gasteiger partial charge in [-0.3, -0.25) is 9.59 Å². The van der Waals surface area contributed by atoms with E-state index in [2.05, 4.69) is 0 Å². The molecule has 1 N–H and O–H groups in total. The van der Waals surface area contributed by atoms with Gasteiger partial charge in [0.25, 0.3) is 0 Å². The van der Waals surface area contributed by atoms with Crippen LogP contribution in [-0.4, -0.2) is 23.0 Å². The summed E-state index contributed by atoms with van der Waals surface area (Å²) >= 11 is 0. The number of benzene rings is 1. The Morgan fingerprint density at radius 3 is 2.06 bits per heavy atom. The lowest BCUT2D eigenvalue weighted by Crippen LogP contribution is -2.10. The summed E-state index contributed by atoms with van der Waals surface area (Å²) in [6.07, 6.45) is 0. The highest BCUT2D eigenvalue weighted by Crippen LogP contribution is 2.29. The topological polar surface area (TPSA) is 89.9 Å². The fourth-order valence-corrected chi connectivity index (χ4v) is 1.46. The smallest absolute Gasteiger partial charge is 0.339 e. The van der Waals surface area contributed by atoms with Gasteiger partial charge in [-0.25, -0.2) is 4.79 Å². The molecule has 0 amide bonds. The van der Waals surface area contributed by atoms with Gasteiger partial charge >= 0.3 is 17.9 Å². The molecule has 0 aliphatic heterocycles. The van der Waals surface area contributed by atoms with E-state index in [0.717, 1.165) is 6.92 Å². The van der Waals surface area contributed by atoms with E-state index in [1.54, 1.807) is 0 Å². The Hall–Kier alpha value is -2.37. The van der Waals surface area contributed by atoms with E-state index in [4.69, 9.17) is 14.6 Å². The van der Waals surface area contributed by atoms with Crippen LogP contribution in [0.3, 0.4) is 0 Å². The Labute approximate surface area is 103 Å². The van der Waals surface area contributed by atoms with Crippen molar-refractivity contribution in [3.05, 3.63) is 23.3 Å². The fourth-order valence-electron chi connectivity index (χ4n) is 1.46. The molecule has 1 rings (SSSR count). The van der Waals surface area contributed by atoms with Crippen LogP contribution in [0.25, 0.3) is 0 Å². The highest BCUT2D eigenvalue weighted by molar-refractivity contribution is 5.94. The zero-order chi connectivity index (χ0) is 13.9. The second kappa shape index (κ2) is 5.31. The number of aryl methyl sites for hydroxylation is 1. The molecule has 0 bridgehead atoms. The number of carbonyl (C=O) groups excluding carboxylic acids is 2. The molecule has 1 aromatic rings. The zero-order valence-corrected chi connectivity index (χ0v) is 10.1. The Kier molecular flexibility index (Phi) is 4.04. The van der Waals surface area contributed by atoms with Crippen LogP contribution in [0.5, 0.6) is 11.5 Å². The van der Waals surface area contributed by atoms with Crippen molar-refractivity contribution in [2.24, 2.45) is 0 Å². The molecule has 0 aliphatic rings. The van der Waals surface area contributed by atoms with E-state index >= 15 is 0 Å². The standard InChI is InChI=1S/C12H12O6/c1-6-4-9(17-7(2)13)5-10(18-8(3)14)11(6)12(15)16/h4-5H,1-3H3,(H,15,16). The second-order valence-electron chi connectivity index (χ2n) is 3.61. The molecule has 0 aliphatic carbocycles. The summed E-state index contributed by atoms with van der Waals surface area (Å²) in [5.41, 5.74) is 0.193. The molecule has 0 radical (unpaired) electrons. The average Bonchev–Trinajstić information content (AvgIpc) is 2.12. The number of ether oxygens (including phenoxy) is 2. The van der Waals surface area contributed by atoms with Crippen molar-refractivity contribution in [3.8, 4) is 11.5 Å². The van der Waals surface area contributed by atoms with Crippen LogP contribution in [0.4, 0.5) is 0 Å². The zero-order valence-electron chi connectivity index (χ0n) is 10.1. The highest BCUT2D eigenvalue weighted by atomic mass is 16.5. The van der Waals surface area contributed by atoms with Gasteiger partial charge < -0.3 is 14.6 Å². The summed E-state index contributed by atoms with van der Waals surface area (Å²) in [4.78, 5) is 32.8. The van der Waals surface area contributed by atoms with Crippen LogP contribution in [0, 0.1) is 6.92 Å². The molecule has 1 aromatic carbocycles. The van der Waals surface area contributed by atoms with Gasteiger partial charge in [-0.15, -0.1) is 0 Å². The molecule has 0 atom stereocenters. The number of hydrogen-bond acceptors (Lipinski definition) is 5. The first-order valence-electron chi connectivity index (χ1n) is 5.06. The third-order valence-electron chi connectivity index (χ3n) is 2.00. The molecule has 0 heterocycles. The molecule has 0 saturated carbocycles. The lowest BCUT2D eigenvalue weighted by atomic mass is 10.1. The van der Waals surface area contributed by atoms with Crippen molar-refractivity contribution in [2.45, 2.75) is 20.8 Å². The van der Waals surface area contributed by atoms with Gasteiger partial charge in [0.15, 0.2) is 0 Å². The summed E-state index contributed by atoms with van der Waals surface area (Å²) in [7, 11) is 0. The molecule has 0 spiro atoms. The van der Waals surface area contributed by atoms with Crippen molar-refractivity contribution in [1.82, 2.24) is 0 Å². The molecule has 18 heavy (non-hydrogen) atoms. The van der Waals surface area contributed by atoms with Crippen LogP contribution in [0.1, 0.15) is 29.8 Å². The molecule has 0 unspecified atom stereocenters. The fraction of sp³-hybridized carbons (Fsp3) is 0.250. The maximum atomic E-state index is 11.1. The van der Waals surface area contributed by atoms with Crippen molar-refractivity contribution in [3.63, 3.8) is 0 Å². The summed E-state index contributed by atoms with van der Waals surface area (Å²) in [5.74, 6) is -2.45. The van der Waals surface area contributed by atoms with E-state index < -0.39 is 17.9 Å². The van der Waals surface area contributed by atoms with Gasteiger partial charge in [-0.1, -0.05) is 0 Å². The number of rotatable bonds is 3. The lowest BCUT2D eigenvalue weighted by molar-refractivity contribution is -0.132. The minimum absolute atomic E-state index is 0.126. The number of hydrogen-bond donors (Lipinski definition) is 1. The molecule has 0 saturated heterocycles. The predicted octanol–water partition coefficient (Wildman–Crippen LogP) is 1.54. The molecule has 0 aromatic heterocycles. The van der Waals surface area contributed by atoms with Crippen molar-refractivity contribution in [1.29, 1.82) is 0 Å². The van der Waals surface area contributed by atoms with E-state index in [0.29, 0.717) is 5.56 Å². The normalized spacial score (nSPS) is 9.72. The van der Waals surface area contributed by atoms with Crippen LogP contribution < -0.4 is 9.47 Å². The van der Waals surface area contributed by atoms with E-state index in [1.165, 1.54) is 26.0 Å². The molecule has 6 nitrogen and oxygen atoms in total. The van der Waals surface area contributed by atoms with E-state index in [9.17, 15) is 14.4 Å². The van der Waals surface area contributed by atoms with Gasteiger partial charge in [0, 0.05) is 19.9 Å². The van der Waals surface area contributed by atoms with E-state index in [-0.39, 0.29) is 17.1 Å². The number of carboxylic acids is 1. The molecule has 0 fully saturated rings. The minimum Gasteiger partial charge on any atom is -0.478 e. The SMILES string of the molecule is CC(=O)Oc1cc(C)c(C(=O)O)c(OC(C)=O)c1. The summed E-state index contributed by atoms with van der Waals surface area (Å²) < 4.78 is 9.63. The minimum atomic E-state index is -1.22. The highest BCUT2D eigenvalue weighted by Gasteiger charge is 2.18. The molecular weight excluding hydrogens is 240 g/mol. The van der Waals surface area contributed by atoms with Crippen molar-refractivity contribution < 1.29 is 29.0 Å². The Morgan fingerprint density at radius 2 is 1.61 bits per heavy atom. The van der Waals surface area contributed by atoms with Gasteiger partial charge in [-0.2, -0.15) is 0 Å². The van der Waals surface area contributed by atoms with Crippen LogP contribution in [0.15, 0.2) is 12.1 Å². The second-order valence-corrected chi connectivity index (χ2v) is 3.61. The maximum absolute atomic E-state index is 11.1. The third kappa shape index (κ3) is 3.31. The molecule has 6 heteroatoms. The summed E-state index contributed by atoms with van der Waals surface area (Å²) in [6, 6.07) is 2.58. The number of aromatic carboxylic acids is 1. The number of carboxylic acid groups (broad SMARTS) is 1. The van der Waals surface area contributed by atoms with Gasteiger partial charge in [-0.05, 0) is 18.6 Å². The van der Waals surface area contributed by atoms with Crippen molar-refractivity contribution >= 4 is 17.9 Å². The Balaban J connectivity index is 3.31. The number of esters is 2. The maximum Gasteiger partial charge on any atom is 0.339 e. The number of carbonyl (C=O) groups is 3. The predicted molar refractivity (Wildman–Crippen MR) is 60.8 cm³/mol. The first-order chi connectivity index (χ1) is 8.31. The quantitative estimate of drug-likeness (QED) is 0.648. The third-order valence-corrected chi connectivity index (χ3v) is 2.00. The molecule has 96 valence electrons. The van der Waals surface area contributed by atoms with Gasteiger partial charge in [0.2, 0.25) is 0 Å². The monoisotopic (exact) mass is 252 g/mol. The Bertz CT molecular complexity index is 518. The first kappa shape index (κ1) is 13.7. The summed E-state index contributed by atoms with van der Waals surface area (Å²) in [5, 5.41) is 9.03. The van der Waals surface area contributed by atoms with E-state index in [1.807, 2.05) is 0 Å². The average molecular weight is 252 g/mol. The van der Waals surface area contributed by atoms with Gasteiger partial charge in [0.05, 0.1) is 0 Å². The first-order valence-corrected chi connectivity index (χ1v) is 5.06. The lowest BCUT2D eigenvalue weighted by Gasteiger charge is -2.11. The Morgan fingerprint density at radius 1 is 1.06 bits per heavy atom. The molecular formula is C12H12O6. The van der Waals surface area contributed by atoms with Gasteiger partial charge in [0.1, 0.15) is 17.1 Å². The summed E-state index contributed by atoms with van der Waals surface area (Å²) in [6.45, 7) is 3.88. The van der Waals surface area contributed by atoms with Crippen LogP contribution in [-0.2, 0) is 9.59 Å². The van der Waals surface area contributed by atoms with Crippen LogP contribution >= 0.6 is 0 Å². The largest absolute Gasteiger partial charge is 0.478 e.